The number of aryl methyl sites for hydroxylation is 3. The lowest BCUT2D eigenvalue weighted by Gasteiger charge is -2.10. The molecule has 0 aliphatic rings. The highest BCUT2D eigenvalue weighted by atomic mass is 32.1. The number of nitrogens with zero attached hydrogens (tertiary/aromatic N) is 1. The first kappa shape index (κ1) is 16.7. The first-order chi connectivity index (χ1) is 12.5. The third-order valence-corrected chi connectivity index (χ3v) is 5.72. The van der Waals surface area contributed by atoms with E-state index in [2.05, 4.69) is 61.4 Å². The Labute approximate surface area is 156 Å². The Balaban J connectivity index is 1.61. The van der Waals surface area contributed by atoms with Gasteiger partial charge in [0.25, 0.3) is 0 Å². The van der Waals surface area contributed by atoms with Crippen molar-refractivity contribution in [1.82, 2.24) is 4.98 Å². The van der Waals surface area contributed by atoms with E-state index in [-0.39, 0.29) is 5.91 Å². The molecule has 4 aromatic rings. The van der Waals surface area contributed by atoms with Crippen LogP contribution in [0.5, 0.6) is 0 Å². The maximum Gasteiger partial charge on any atom is 0.230 e. The van der Waals surface area contributed by atoms with Gasteiger partial charge < -0.3 is 5.32 Å². The summed E-state index contributed by atoms with van der Waals surface area (Å²) in [5, 5.41) is 6.00. The Bertz CT molecular complexity index is 1120. The van der Waals surface area contributed by atoms with E-state index in [1.807, 2.05) is 18.2 Å². The Morgan fingerprint density at radius 2 is 1.77 bits per heavy atom. The van der Waals surface area contributed by atoms with Crippen molar-refractivity contribution in [1.29, 1.82) is 0 Å². The number of anilines is 1. The highest BCUT2D eigenvalue weighted by Crippen LogP contribution is 2.32. The standard InChI is InChI=1S/C22H20N2OS/c1-13-10-14(2)18(15(3)11-13)12-20(25)24-22-23-19-9-8-16-6-4-5-7-17(16)21(19)26-22/h4-11H,12H2,1-3H3,(H,23,24,25). The normalized spacial score (nSPS) is 11.2. The predicted molar refractivity (Wildman–Crippen MR) is 110 cm³/mol. The molecule has 4 heteroatoms. The van der Waals surface area contributed by atoms with Gasteiger partial charge in [-0.25, -0.2) is 4.98 Å². The van der Waals surface area contributed by atoms with Crippen LogP contribution >= 0.6 is 11.3 Å². The first-order valence-electron chi connectivity index (χ1n) is 8.66. The summed E-state index contributed by atoms with van der Waals surface area (Å²) >= 11 is 1.53. The lowest BCUT2D eigenvalue weighted by Crippen LogP contribution is -2.15. The van der Waals surface area contributed by atoms with Gasteiger partial charge in [-0.2, -0.15) is 0 Å². The molecule has 0 unspecified atom stereocenters. The molecule has 0 radical (unpaired) electrons. The Morgan fingerprint density at radius 1 is 1.04 bits per heavy atom. The Hall–Kier alpha value is -2.72. The Morgan fingerprint density at radius 3 is 2.54 bits per heavy atom. The van der Waals surface area contributed by atoms with Crippen molar-refractivity contribution < 1.29 is 4.79 Å². The largest absolute Gasteiger partial charge is 0.302 e. The summed E-state index contributed by atoms with van der Waals surface area (Å²) < 4.78 is 1.11. The second-order valence-electron chi connectivity index (χ2n) is 6.76. The summed E-state index contributed by atoms with van der Waals surface area (Å²) in [4.78, 5) is 17.2. The summed E-state index contributed by atoms with van der Waals surface area (Å²) in [5.74, 6) is -0.0246. The highest BCUT2D eigenvalue weighted by Gasteiger charge is 2.13. The van der Waals surface area contributed by atoms with Gasteiger partial charge in [-0.3, -0.25) is 4.79 Å². The summed E-state index contributed by atoms with van der Waals surface area (Å²) in [5.41, 5.74) is 5.56. The number of carbonyl (C=O) groups excluding carboxylic acids is 1. The maximum atomic E-state index is 12.6. The summed E-state index contributed by atoms with van der Waals surface area (Å²) in [6.45, 7) is 6.20. The average molecular weight is 360 g/mol. The lowest BCUT2D eigenvalue weighted by atomic mass is 9.97. The topological polar surface area (TPSA) is 42.0 Å². The van der Waals surface area contributed by atoms with Crippen molar-refractivity contribution in [3.63, 3.8) is 0 Å². The fourth-order valence-corrected chi connectivity index (χ4v) is 4.54. The molecule has 1 N–H and O–H groups in total. The minimum Gasteiger partial charge on any atom is -0.302 e. The molecule has 0 fully saturated rings. The van der Waals surface area contributed by atoms with Crippen molar-refractivity contribution in [3.8, 4) is 0 Å². The zero-order chi connectivity index (χ0) is 18.3. The van der Waals surface area contributed by atoms with Gasteiger partial charge in [0.05, 0.1) is 16.6 Å². The van der Waals surface area contributed by atoms with Crippen LogP contribution in [0.2, 0.25) is 0 Å². The average Bonchev–Trinajstić information content (AvgIpc) is 3.01. The molecule has 4 rings (SSSR count). The molecule has 0 bridgehead atoms. The van der Waals surface area contributed by atoms with Crippen LogP contribution < -0.4 is 5.32 Å². The molecular weight excluding hydrogens is 340 g/mol. The van der Waals surface area contributed by atoms with Gasteiger partial charge in [0, 0.05) is 5.39 Å². The molecule has 0 aliphatic carbocycles. The molecule has 0 saturated carbocycles. The van der Waals surface area contributed by atoms with Crippen molar-refractivity contribution >= 4 is 43.4 Å². The number of rotatable bonds is 3. The molecule has 1 heterocycles. The van der Waals surface area contributed by atoms with Gasteiger partial charge in [-0.15, -0.1) is 0 Å². The molecule has 0 spiro atoms. The van der Waals surface area contributed by atoms with E-state index in [1.54, 1.807) is 0 Å². The highest BCUT2D eigenvalue weighted by molar-refractivity contribution is 7.23. The van der Waals surface area contributed by atoms with Crippen LogP contribution in [-0.4, -0.2) is 10.9 Å². The molecular formula is C22H20N2OS. The number of amides is 1. The fraction of sp³-hybridized carbons (Fsp3) is 0.182. The van der Waals surface area contributed by atoms with E-state index in [9.17, 15) is 4.79 Å². The number of carbonyl (C=O) groups is 1. The second kappa shape index (κ2) is 6.54. The number of aromatic nitrogens is 1. The van der Waals surface area contributed by atoms with E-state index in [0.29, 0.717) is 11.6 Å². The number of benzene rings is 3. The van der Waals surface area contributed by atoms with Crippen molar-refractivity contribution in [2.45, 2.75) is 27.2 Å². The Kier molecular flexibility index (Phi) is 4.21. The predicted octanol–water partition coefficient (Wildman–Crippen LogP) is 5.56. The van der Waals surface area contributed by atoms with Gasteiger partial charge in [0.1, 0.15) is 0 Å². The van der Waals surface area contributed by atoms with Crippen molar-refractivity contribution in [3.05, 3.63) is 70.8 Å². The van der Waals surface area contributed by atoms with Crippen LogP contribution in [0.25, 0.3) is 21.0 Å². The van der Waals surface area contributed by atoms with Crippen LogP contribution in [0.4, 0.5) is 5.13 Å². The minimum absolute atomic E-state index is 0.0246. The SMILES string of the molecule is Cc1cc(C)c(CC(=O)Nc2nc3ccc4ccccc4c3s2)c(C)c1. The number of hydrogen-bond acceptors (Lipinski definition) is 3. The molecule has 0 saturated heterocycles. The molecule has 3 nitrogen and oxygen atoms in total. The number of thiazole rings is 1. The molecule has 26 heavy (non-hydrogen) atoms. The second-order valence-corrected chi connectivity index (χ2v) is 7.76. The molecule has 0 aliphatic heterocycles. The van der Waals surface area contributed by atoms with E-state index >= 15 is 0 Å². The molecule has 3 aromatic carbocycles. The third-order valence-electron chi connectivity index (χ3n) is 4.70. The van der Waals surface area contributed by atoms with E-state index in [0.717, 1.165) is 26.9 Å². The van der Waals surface area contributed by atoms with Crippen molar-refractivity contribution in [2.75, 3.05) is 5.32 Å². The zero-order valence-electron chi connectivity index (χ0n) is 15.1. The van der Waals surface area contributed by atoms with Crippen LogP contribution in [-0.2, 0) is 11.2 Å². The number of hydrogen-bond donors (Lipinski definition) is 1. The van der Waals surface area contributed by atoms with Gasteiger partial charge in [0.2, 0.25) is 5.91 Å². The van der Waals surface area contributed by atoms with Gasteiger partial charge in [-0.05, 0) is 48.9 Å². The van der Waals surface area contributed by atoms with Crippen LogP contribution in [0.3, 0.4) is 0 Å². The quantitative estimate of drug-likeness (QED) is 0.520. The van der Waals surface area contributed by atoms with E-state index in [4.69, 9.17) is 0 Å². The third kappa shape index (κ3) is 3.08. The lowest BCUT2D eigenvalue weighted by molar-refractivity contribution is -0.115. The summed E-state index contributed by atoms with van der Waals surface area (Å²) in [6, 6.07) is 16.6. The fourth-order valence-electron chi connectivity index (χ4n) is 3.52. The van der Waals surface area contributed by atoms with E-state index < -0.39 is 0 Å². The minimum atomic E-state index is -0.0246. The smallest absolute Gasteiger partial charge is 0.230 e. The van der Waals surface area contributed by atoms with Crippen LogP contribution in [0.1, 0.15) is 22.3 Å². The number of fused-ring (bicyclic) bond motifs is 3. The van der Waals surface area contributed by atoms with Crippen LogP contribution in [0.15, 0.2) is 48.5 Å². The van der Waals surface area contributed by atoms with Crippen LogP contribution in [0, 0.1) is 20.8 Å². The van der Waals surface area contributed by atoms with Crippen molar-refractivity contribution in [2.24, 2.45) is 0 Å². The first-order valence-corrected chi connectivity index (χ1v) is 9.48. The summed E-state index contributed by atoms with van der Waals surface area (Å²) in [6.07, 6.45) is 0.370. The van der Waals surface area contributed by atoms with E-state index in [1.165, 1.54) is 27.7 Å². The van der Waals surface area contributed by atoms with Gasteiger partial charge >= 0.3 is 0 Å². The molecule has 0 atom stereocenters. The van der Waals surface area contributed by atoms with Gasteiger partial charge in [0.15, 0.2) is 5.13 Å². The monoisotopic (exact) mass is 360 g/mol. The zero-order valence-corrected chi connectivity index (χ0v) is 15.9. The molecule has 130 valence electrons. The maximum absolute atomic E-state index is 12.6. The molecule has 1 amide bonds. The number of nitrogens with one attached hydrogen (secondary N) is 1. The molecule has 1 aromatic heterocycles. The van der Waals surface area contributed by atoms with Gasteiger partial charge in [-0.1, -0.05) is 59.4 Å². The summed E-state index contributed by atoms with van der Waals surface area (Å²) in [7, 11) is 0.